The van der Waals surface area contributed by atoms with Crippen LogP contribution in [0.25, 0.3) is 0 Å². The van der Waals surface area contributed by atoms with E-state index < -0.39 is 33.6 Å². The second-order valence-corrected chi connectivity index (χ2v) is 8.90. The number of hydrogen-bond acceptors (Lipinski definition) is 6. The summed E-state index contributed by atoms with van der Waals surface area (Å²) in [6.07, 6.45) is -0.0518. The summed E-state index contributed by atoms with van der Waals surface area (Å²) in [5.41, 5.74) is -0.939. The normalized spacial score (nSPS) is 22.1. The fourth-order valence-electron chi connectivity index (χ4n) is 4.89. The number of benzene rings is 3. The van der Waals surface area contributed by atoms with Gasteiger partial charge in [-0.25, -0.2) is 0 Å². The minimum absolute atomic E-state index is 0.0472. The molecule has 3 aromatic rings. The SMILES string of the molecule is CC(C)c1ccc2c(c1)OC1(O)c3cccc([N+](=O)[O-])c3C(=O)C21NC(=O)Cc1ccccc1. The molecule has 0 saturated carbocycles. The molecule has 3 aromatic carbocycles. The highest BCUT2D eigenvalue weighted by Gasteiger charge is 2.73. The lowest BCUT2D eigenvalue weighted by Crippen LogP contribution is -2.60. The van der Waals surface area contributed by atoms with Crippen molar-refractivity contribution >= 4 is 17.4 Å². The molecule has 0 bridgehead atoms. The number of carbonyl (C=O) groups is 2. The van der Waals surface area contributed by atoms with Crippen molar-refractivity contribution in [2.24, 2.45) is 0 Å². The van der Waals surface area contributed by atoms with Crippen LogP contribution in [0.5, 0.6) is 5.75 Å². The Morgan fingerprint density at radius 3 is 2.50 bits per heavy atom. The number of Topliss-reactive ketones (excluding diaryl/α,β-unsaturated/α-hetero) is 1. The smallest absolute Gasteiger partial charge is 0.280 e. The number of carbonyl (C=O) groups excluding carboxylic acids is 2. The number of nitrogens with zero attached hydrogens (tertiary/aromatic N) is 1. The monoisotopic (exact) mass is 458 g/mol. The minimum atomic E-state index is -2.34. The fourth-order valence-corrected chi connectivity index (χ4v) is 4.89. The molecule has 0 radical (unpaired) electrons. The summed E-state index contributed by atoms with van der Waals surface area (Å²) in [6.45, 7) is 3.99. The van der Waals surface area contributed by atoms with Crippen molar-refractivity contribution in [1.29, 1.82) is 0 Å². The van der Waals surface area contributed by atoms with E-state index in [-0.39, 0.29) is 34.8 Å². The first-order valence-electron chi connectivity index (χ1n) is 10.9. The van der Waals surface area contributed by atoms with Crippen LogP contribution in [0.1, 0.15) is 52.4 Å². The van der Waals surface area contributed by atoms with Crippen molar-refractivity contribution in [3.05, 3.63) is 105 Å². The van der Waals surface area contributed by atoms with E-state index in [1.807, 2.05) is 19.9 Å². The van der Waals surface area contributed by atoms with Crippen LogP contribution in [0.15, 0.2) is 66.7 Å². The number of nitrogens with one attached hydrogen (secondary N) is 1. The molecule has 5 rings (SSSR count). The van der Waals surface area contributed by atoms with Crippen molar-refractivity contribution in [2.75, 3.05) is 0 Å². The van der Waals surface area contributed by atoms with Crippen LogP contribution in [0.4, 0.5) is 5.69 Å². The van der Waals surface area contributed by atoms with Gasteiger partial charge >= 0.3 is 0 Å². The zero-order chi connectivity index (χ0) is 24.3. The van der Waals surface area contributed by atoms with Gasteiger partial charge in [0.2, 0.25) is 17.2 Å². The molecule has 1 amide bonds. The standard InChI is InChI=1S/C26H22N2O6/c1-15(2)17-11-12-18-21(14-17)34-26(31)19-9-6-10-20(28(32)33)23(19)24(30)25(18,26)27-22(29)13-16-7-4-3-5-8-16/h3-12,14-15,31H,13H2,1-2H3,(H,27,29). The lowest BCUT2D eigenvalue weighted by molar-refractivity contribution is -0.385. The Morgan fingerprint density at radius 2 is 1.82 bits per heavy atom. The summed E-state index contributed by atoms with van der Waals surface area (Å²) in [4.78, 5) is 38.2. The van der Waals surface area contributed by atoms with E-state index in [2.05, 4.69) is 5.32 Å². The molecule has 8 nitrogen and oxygen atoms in total. The maximum absolute atomic E-state index is 13.9. The molecule has 2 aliphatic rings. The second kappa shape index (κ2) is 7.50. The third kappa shape index (κ3) is 2.88. The molecule has 1 heterocycles. The molecule has 0 aromatic heterocycles. The molecule has 8 heteroatoms. The maximum Gasteiger partial charge on any atom is 0.280 e. The fraction of sp³-hybridized carbons (Fsp3) is 0.231. The first kappa shape index (κ1) is 21.8. The molecular formula is C26H22N2O6. The van der Waals surface area contributed by atoms with Gasteiger partial charge in [0.1, 0.15) is 11.3 Å². The third-order valence-corrected chi connectivity index (χ3v) is 6.55. The number of nitro benzene ring substituents is 1. The Balaban J connectivity index is 1.69. The van der Waals surface area contributed by atoms with E-state index in [0.29, 0.717) is 5.56 Å². The molecule has 2 N–H and O–H groups in total. The Bertz CT molecular complexity index is 1350. The lowest BCUT2D eigenvalue weighted by atomic mass is 9.82. The van der Waals surface area contributed by atoms with Crippen molar-refractivity contribution in [1.82, 2.24) is 5.32 Å². The second-order valence-electron chi connectivity index (χ2n) is 8.90. The molecule has 1 aliphatic carbocycles. The van der Waals surface area contributed by atoms with Crippen molar-refractivity contribution in [2.45, 2.75) is 37.5 Å². The lowest BCUT2D eigenvalue weighted by Gasteiger charge is -2.34. The highest BCUT2D eigenvalue weighted by Crippen LogP contribution is 2.59. The molecular weight excluding hydrogens is 436 g/mol. The zero-order valence-electron chi connectivity index (χ0n) is 18.6. The van der Waals surface area contributed by atoms with Crippen LogP contribution in [0.2, 0.25) is 0 Å². The molecule has 2 unspecified atom stereocenters. The number of nitro groups is 1. The van der Waals surface area contributed by atoms with Crippen LogP contribution in [0.3, 0.4) is 0 Å². The number of aliphatic hydroxyl groups is 1. The number of rotatable bonds is 5. The highest BCUT2D eigenvalue weighted by molar-refractivity contribution is 6.14. The number of hydrogen-bond donors (Lipinski definition) is 2. The van der Waals surface area contributed by atoms with Gasteiger partial charge in [0.25, 0.3) is 11.5 Å². The van der Waals surface area contributed by atoms with E-state index in [0.717, 1.165) is 5.56 Å². The Labute approximate surface area is 195 Å². The molecule has 34 heavy (non-hydrogen) atoms. The Kier molecular flexibility index (Phi) is 4.80. The summed E-state index contributed by atoms with van der Waals surface area (Å²) in [5.74, 6) is -3.25. The average Bonchev–Trinajstić information content (AvgIpc) is 3.16. The van der Waals surface area contributed by atoms with Gasteiger partial charge in [-0.1, -0.05) is 68.4 Å². The average molecular weight is 458 g/mol. The predicted molar refractivity (Wildman–Crippen MR) is 122 cm³/mol. The third-order valence-electron chi connectivity index (χ3n) is 6.55. The van der Waals surface area contributed by atoms with E-state index in [1.54, 1.807) is 42.5 Å². The largest absolute Gasteiger partial charge is 0.454 e. The summed E-state index contributed by atoms with van der Waals surface area (Å²) in [5, 5.41) is 26.3. The van der Waals surface area contributed by atoms with Gasteiger partial charge < -0.3 is 15.2 Å². The van der Waals surface area contributed by atoms with Crippen molar-refractivity contribution in [3.63, 3.8) is 0 Å². The van der Waals surface area contributed by atoms with Gasteiger partial charge in [-0.05, 0) is 23.1 Å². The number of amides is 1. The van der Waals surface area contributed by atoms with Gasteiger partial charge in [0, 0.05) is 17.2 Å². The van der Waals surface area contributed by atoms with Gasteiger partial charge in [0.15, 0.2) is 0 Å². The van der Waals surface area contributed by atoms with Crippen LogP contribution >= 0.6 is 0 Å². The molecule has 2 atom stereocenters. The molecule has 172 valence electrons. The van der Waals surface area contributed by atoms with Gasteiger partial charge in [0.05, 0.1) is 11.3 Å². The van der Waals surface area contributed by atoms with E-state index in [1.165, 1.54) is 18.2 Å². The predicted octanol–water partition coefficient (Wildman–Crippen LogP) is 3.71. The Hall–Kier alpha value is -4.04. The van der Waals surface area contributed by atoms with E-state index >= 15 is 0 Å². The van der Waals surface area contributed by atoms with Crippen LogP contribution < -0.4 is 10.1 Å². The molecule has 0 fully saturated rings. The number of fused-ring (bicyclic) bond motifs is 5. The van der Waals surface area contributed by atoms with Crippen molar-refractivity contribution in [3.8, 4) is 5.75 Å². The molecule has 0 spiro atoms. The quantitative estimate of drug-likeness (QED) is 0.444. The Morgan fingerprint density at radius 1 is 1.09 bits per heavy atom. The summed E-state index contributed by atoms with van der Waals surface area (Å²) in [7, 11) is 0. The molecule has 0 saturated heterocycles. The van der Waals surface area contributed by atoms with E-state index in [9.17, 15) is 24.8 Å². The maximum atomic E-state index is 13.9. The first-order valence-corrected chi connectivity index (χ1v) is 10.9. The summed E-state index contributed by atoms with van der Waals surface area (Å²) < 4.78 is 5.99. The van der Waals surface area contributed by atoms with E-state index in [4.69, 9.17) is 4.74 Å². The molecule has 1 aliphatic heterocycles. The summed E-state index contributed by atoms with van der Waals surface area (Å²) >= 11 is 0. The summed E-state index contributed by atoms with van der Waals surface area (Å²) in [6, 6.07) is 18.1. The zero-order valence-corrected chi connectivity index (χ0v) is 18.6. The number of ether oxygens (including phenoxy) is 1. The van der Waals surface area contributed by atoms with Crippen LogP contribution in [0, 0.1) is 10.1 Å². The highest BCUT2D eigenvalue weighted by atomic mass is 16.6. The van der Waals surface area contributed by atoms with Gasteiger partial charge in [-0.15, -0.1) is 0 Å². The van der Waals surface area contributed by atoms with Crippen LogP contribution in [-0.4, -0.2) is 21.7 Å². The van der Waals surface area contributed by atoms with Gasteiger partial charge in [-0.3, -0.25) is 19.7 Å². The van der Waals surface area contributed by atoms with Crippen LogP contribution in [-0.2, 0) is 22.5 Å². The van der Waals surface area contributed by atoms with Crippen molar-refractivity contribution < 1.29 is 24.4 Å². The topological polar surface area (TPSA) is 119 Å². The number of ketones is 1. The first-order chi connectivity index (χ1) is 16.2. The minimum Gasteiger partial charge on any atom is -0.454 e. The van der Waals surface area contributed by atoms with Gasteiger partial charge in [-0.2, -0.15) is 0 Å².